The number of phenolic OH excluding ortho intramolecular Hbond substituents is 1. The molecule has 1 aromatic carbocycles. The first-order valence-corrected chi connectivity index (χ1v) is 11.2. The van der Waals surface area contributed by atoms with Crippen molar-refractivity contribution in [1.82, 2.24) is 19.6 Å². The lowest BCUT2D eigenvalue weighted by Gasteiger charge is -2.36. The van der Waals surface area contributed by atoms with Crippen LogP contribution in [0.4, 0.5) is 8.78 Å². The summed E-state index contributed by atoms with van der Waals surface area (Å²) in [6.45, 7) is 2.01. The number of imidazole rings is 1. The predicted octanol–water partition coefficient (Wildman–Crippen LogP) is 3.57. The molecule has 1 aliphatic rings. The van der Waals surface area contributed by atoms with Gasteiger partial charge in [-0.25, -0.2) is 18.3 Å². The number of aliphatic hydroxyl groups is 1. The number of hydrogen-bond acceptors (Lipinski definition) is 6. The fraction of sp³-hybridized carbons (Fsp3) is 0.320. The Morgan fingerprint density at radius 2 is 1.88 bits per heavy atom. The van der Waals surface area contributed by atoms with Crippen LogP contribution in [-0.2, 0) is 6.42 Å². The number of aliphatic hydroxyl groups excluding tert-OH is 1. The first-order chi connectivity index (χ1) is 16.3. The fourth-order valence-electron chi connectivity index (χ4n) is 4.97. The second-order valence-electron chi connectivity index (χ2n) is 9.07. The molecular formula is C25H25F2N5O2. The molecule has 9 heteroatoms. The topological polar surface area (TPSA) is 110 Å². The van der Waals surface area contributed by atoms with E-state index in [-0.39, 0.29) is 29.1 Å². The van der Waals surface area contributed by atoms with Crippen molar-refractivity contribution in [1.29, 1.82) is 0 Å². The molecule has 0 bridgehead atoms. The van der Waals surface area contributed by atoms with Crippen LogP contribution in [0, 0.1) is 17.6 Å². The second-order valence-corrected chi connectivity index (χ2v) is 9.07. The molecule has 3 heterocycles. The normalized spacial score (nSPS) is 22.9. The van der Waals surface area contributed by atoms with Crippen molar-refractivity contribution >= 4 is 5.52 Å². The van der Waals surface area contributed by atoms with Crippen LogP contribution >= 0.6 is 0 Å². The van der Waals surface area contributed by atoms with Gasteiger partial charge in [-0.1, -0.05) is 6.92 Å². The molecule has 5 rings (SSSR count). The molecule has 0 amide bonds. The third-order valence-corrected chi connectivity index (χ3v) is 6.70. The van der Waals surface area contributed by atoms with Crippen LogP contribution in [0.5, 0.6) is 5.75 Å². The Kier molecular flexibility index (Phi) is 5.75. The molecule has 4 N–H and O–H groups in total. The summed E-state index contributed by atoms with van der Waals surface area (Å²) in [4.78, 5) is 8.78. The summed E-state index contributed by atoms with van der Waals surface area (Å²) < 4.78 is 30.4. The molecule has 3 aromatic heterocycles. The molecule has 0 aliphatic heterocycles. The summed E-state index contributed by atoms with van der Waals surface area (Å²) in [5.41, 5.74) is 8.72. The maximum Gasteiger partial charge on any atom is 0.139 e. The summed E-state index contributed by atoms with van der Waals surface area (Å²) in [5, 5.41) is 24.2. The van der Waals surface area contributed by atoms with Gasteiger partial charge in [0.25, 0.3) is 0 Å². The zero-order valence-electron chi connectivity index (χ0n) is 18.6. The Bertz CT molecular complexity index is 1320. The lowest BCUT2D eigenvalue weighted by molar-refractivity contribution is 0.0519. The molecule has 0 unspecified atom stereocenters. The van der Waals surface area contributed by atoms with Crippen molar-refractivity contribution in [2.45, 2.75) is 44.2 Å². The zero-order valence-corrected chi connectivity index (χ0v) is 18.6. The van der Waals surface area contributed by atoms with Crippen LogP contribution in [0.1, 0.15) is 42.6 Å². The Labute approximate surface area is 194 Å². The summed E-state index contributed by atoms with van der Waals surface area (Å²) in [6, 6.07) is 6.61. The monoisotopic (exact) mass is 465 g/mol. The van der Waals surface area contributed by atoms with Crippen molar-refractivity contribution in [3.63, 3.8) is 0 Å². The van der Waals surface area contributed by atoms with E-state index in [2.05, 4.69) is 15.1 Å². The van der Waals surface area contributed by atoms with E-state index in [0.29, 0.717) is 24.2 Å². The highest BCUT2D eigenvalue weighted by atomic mass is 19.1. The van der Waals surface area contributed by atoms with E-state index in [4.69, 9.17) is 5.73 Å². The number of fused-ring (bicyclic) bond motifs is 1. The van der Waals surface area contributed by atoms with Crippen LogP contribution in [0.2, 0.25) is 0 Å². The average molecular weight is 466 g/mol. The van der Waals surface area contributed by atoms with Gasteiger partial charge in [0.1, 0.15) is 23.2 Å². The standard InChI is InChI=1S/C25H25F2N5O2/c1-13-6-14(7-21(28)25(13)34)18-4-5-29-11-15(18)8-23-30-12-16-2-3-22(31-32(16)23)24-19(26)9-17(33)10-20(24)27/h2-5,9-14,21,25,33-34H,6-8,28H2,1H3/t13-,14+,21+,25-/m0/s1. The van der Waals surface area contributed by atoms with E-state index in [1.165, 1.54) is 6.07 Å². The van der Waals surface area contributed by atoms with E-state index in [0.717, 1.165) is 29.7 Å². The quantitative estimate of drug-likeness (QED) is 0.425. The van der Waals surface area contributed by atoms with E-state index in [1.807, 2.05) is 13.0 Å². The number of benzene rings is 1. The Morgan fingerprint density at radius 1 is 1.12 bits per heavy atom. The first-order valence-electron chi connectivity index (χ1n) is 11.2. The predicted molar refractivity (Wildman–Crippen MR) is 122 cm³/mol. The van der Waals surface area contributed by atoms with Gasteiger partial charge in [-0.3, -0.25) is 4.98 Å². The molecular weight excluding hydrogens is 440 g/mol. The van der Waals surface area contributed by atoms with E-state index in [9.17, 15) is 19.0 Å². The van der Waals surface area contributed by atoms with Crippen molar-refractivity contribution < 1.29 is 19.0 Å². The van der Waals surface area contributed by atoms with Crippen molar-refractivity contribution in [2.24, 2.45) is 11.7 Å². The van der Waals surface area contributed by atoms with Gasteiger partial charge in [0.05, 0.1) is 29.1 Å². The third kappa shape index (κ3) is 4.01. The average Bonchev–Trinajstić information content (AvgIpc) is 3.19. The smallest absolute Gasteiger partial charge is 0.139 e. The summed E-state index contributed by atoms with van der Waals surface area (Å²) in [6.07, 6.45) is 6.58. The Morgan fingerprint density at radius 3 is 2.62 bits per heavy atom. The molecule has 1 aliphatic carbocycles. The molecule has 1 saturated carbocycles. The molecule has 34 heavy (non-hydrogen) atoms. The Balaban J connectivity index is 1.51. The van der Waals surface area contributed by atoms with Crippen LogP contribution in [0.15, 0.2) is 48.9 Å². The van der Waals surface area contributed by atoms with Gasteiger partial charge < -0.3 is 15.9 Å². The van der Waals surface area contributed by atoms with E-state index in [1.54, 1.807) is 29.2 Å². The minimum atomic E-state index is -0.898. The van der Waals surface area contributed by atoms with Crippen LogP contribution in [-0.4, -0.2) is 41.9 Å². The molecule has 7 nitrogen and oxygen atoms in total. The number of aromatic nitrogens is 4. The lowest BCUT2D eigenvalue weighted by atomic mass is 9.74. The van der Waals surface area contributed by atoms with E-state index < -0.39 is 23.5 Å². The first kappa shape index (κ1) is 22.4. The molecule has 0 spiro atoms. The van der Waals surface area contributed by atoms with Gasteiger partial charge in [-0.2, -0.15) is 5.10 Å². The zero-order chi connectivity index (χ0) is 24.0. The SMILES string of the molecule is C[C@H]1C[C@@H](c2ccncc2Cc2ncc3ccc(-c4c(F)cc(O)cc4F)nn23)C[C@@H](N)[C@H]1O. The van der Waals surface area contributed by atoms with Crippen LogP contribution < -0.4 is 5.73 Å². The maximum absolute atomic E-state index is 14.4. The highest BCUT2D eigenvalue weighted by Crippen LogP contribution is 2.37. The van der Waals surface area contributed by atoms with Crippen molar-refractivity contribution in [3.05, 3.63) is 77.5 Å². The molecule has 0 saturated heterocycles. The number of pyridine rings is 1. The van der Waals surface area contributed by atoms with Gasteiger partial charge >= 0.3 is 0 Å². The fourth-order valence-corrected chi connectivity index (χ4v) is 4.97. The molecule has 176 valence electrons. The number of halogens is 2. The van der Waals surface area contributed by atoms with Gasteiger partial charge in [-0.05, 0) is 54.0 Å². The van der Waals surface area contributed by atoms with Crippen LogP contribution in [0.25, 0.3) is 16.8 Å². The second kappa shape index (κ2) is 8.73. The van der Waals surface area contributed by atoms with Crippen molar-refractivity contribution in [2.75, 3.05) is 0 Å². The summed E-state index contributed by atoms with van der Waals surface area (Å²) in [5.74, 6) is -1.42. The number of aromatic hydroxyl groups is 1. The minimum Gasteiger partial charge on any atom is -0.508 e. The minimum absolute atomic E-state index is 0.0846. The van der Waals surface area contributed by atoms with E-state index >= 15 is 0 Å². The largest absolute Gasteiger partial charge is 0.508 e. The summed E-state index contributed by atoms with van der Waals surface area (Å²) in [7, 11) is 0. The number of nitrogens with two attached hydrogens (primary N) is 1. The van der Waals surface area contributed by atoms with Gasteiger partial charge in [0.15, 0.2) is 0 Å². The van der Waals surface area contributed by atoms with Crippen LogP contribution in [0.3, 0.4) is 0 Å². The highest BCUT2D eigenvalue weighted by molar-refractivity contribution is 5.63. The number of rotatable bonds is 4. The summed E-state index contributed by atoms with van der Waals surface area (Å²) >= 11 is 0. The third-order valence-electron chi connectivity index (χ3n) is 6.70. The molecule has 4 atom stereocenters. The highest BCUT2D eigenvalue weighted by Gasteiger charge is 2.33. The van der Waals surface area contributed by atoms with Gasteiger partial charge in [0.2, 0.25) is 0 Å². The Hall–Kier alpha value is -3.43. The van der Waals surface area contributed by atoms with Gasteiger partial charge in [0, 0.05) is 37.0 Å². The molecule has 4 aromatic rings. The van der Waals surface area contributed by atoms with Crippen molar-refractivity contribution in [3.8, 4) is 17.0 Å². The molecule has 0 radical (unpaired) electrons. The molecule has 1 fully saturated rings. The number of hydrogen-bond donors (Lipinski definition) is 3. The lowest BCUT2D eigenvalue weighted by Crippen LogP contribution is -2.44. The maximum atomic E-state index is 14.4. The number of nitrogens with zero attached hydrogens (tertiary/aromatic N) is 4. The number of phenols is 1. The van der Waals surface area contributed by atoms with Gasteiger partial charge in [-0.15, -0.1) is 0 Å².